The number of fused-ring (bicyclic) bond motifs is 3. The Bertz CT molecular complexity index is 691. The van der Waals surface area contributed by atoms with Crippen molar-refractivity contribution in [1.29, 1.82) is 5.26 Å². The van der Waals surface area contributed by atoms with Crippen molar-refractivity contribution in [2.45, 2.75) is 0 Å². The van der Waals surface area contributed by atoms with Crippen LogP contribution in [-0.4, -0.2) is 4.98 Å². The zero-order valence-corrected chi connectivity index (χ0v) is 7.77. The van der Waals surface area contributed by atoms with Gasteiger partial charge in [-0.05, 0) is 12.1 Å². The highest BCUT2D eigenvalue weighted by Crippen LogP contribution is 2.26. The molecule has 2 aromatic heterocycles. The normalized spacial score (nSPS) is 10.6. The maximum absolute atomic E-state index is 8.74. The van der Waals surface area contributed by atoms with E-state index in [-0.39, 0.29) is 0 Å². The van der Waals surface area contributed by atoms with Crippen LogP contribution in [0.15, 0.2) is 40.9 Å². The van der Waals surface area contributed by atoms with Crippen LogP contribution >= 0.6 is 0 Å². The number of nitrogens with zero attached hydrogens (tertiary/aromatic N) is 2. The van der Waals surface area contributed by atoms with Crippen LogP contribution in [-0.2, 0) is 0 Å². The van der Waals surface area contributed by atoms with E-state index in [2.05, 4.69) is 4.98 Å². The van der Waals surface area contributed by atoms with E-state index in [1.165, 1.54) is 0 Å². The monoisotopic (exact) mass is 194 g/mol. The van der Waals surface area contributed by atoms with Gasteiger partial charge in [0.05, 0.1) is 5.56 Å². The molecule has 0 saturated heterocycles. The number of aromatic nitrogens is 1. The van der Waals surface area contributed by atoms with Crippen molar-refractivity contribution in [3.63, 3.8) is 0 Å². The average Bonchev–Trinajstić information content (AvgIpc) is 2.66. The van der Waals surface area contributed by atoms with Gasteiger partial charge in [0.25, 0.3) is 0 Å². The minimum atomic E-state index is 0.515. The number of nitriles is 1. The maximum Gasteiger partial charge on any atom is 0.155 e. The molecule has 3 heteroatoms. The Morgan fingerprint density at radius 3 is 2.93 bits per heavy atom. The van der Waals surface area contributed by atoms with Crippen molar-refractivity contribution in [3.05, 3.63) is 42.1 Å². The average molecular weight is 194 g/mol. The summed E-state index contributed by atoms with van der Waals surface area (Å²) in [5.41, 5.74) is 2.79. The van der Waals surface area contributed by atoms with Gasteiger partial charge in [0, 0.05) is 17.6 Å². The molecule has 0 N–H and O–H groups in total. The van der Waals surface area contributed by atoms with E-state index in [1.807, 2.05) is 30.3 Å². The van der Waals surface area contributed by atoms with Crippen LogP contribution in [0.25, 0.3) is 22.1 Å². The molecule has 0 bridgehead atoms. The lowest BCUT2D eigenvalue weighted by Crippen LogP contribution is -1.77. The second kappa shape index (κ2) is 2.82. The third-order valence-corrected chi connectivity index (χ3v) is 2.34. The molecular weight excluding hydrogens is 188 g/mol. The maximum atomic E-state index is 8.74. The number of rotatable bonds is 0. The summed E-state index contributed by atoms with van der Waals surface area (Å²) in [5.74, 6) is 0. The Balaban J connectivity index is 2.50. The Morgan fingerprint density at radius 2 is 2.07 bits per heavy atom. The van der Waals surface area contributed by atoms with E-state index >= 15 is 0 Å². The van der Waals surface area contributed by atoms with Gasteiger partial charge in [0.2, 0.25) is 0 Å². The fourth-order valence-corrected chi connectivity index (χ4v) is 1.66. The van der Waals surface area contributed by atoms with Gasteiger partial charge < -0.3 is 4.42 Å². The van der Waals surface area contributed by atoms with Crippen LogP contribution in [0.3, 0.4) is 0 Å². The highest BCUT2D eigenvalue weighted by Gasteiger charge is 2.07. The lowest BCUT2D eigenvalue weighted by molar-refractivity contribution is 0.668. The second-order valence-corrected chi connectivity index (χ2v) is 3.28. The van der Waals surface area contributed by atoms with Gasteiger partial charge in [-0.15, -0.1) is 0 Å². The smallest absolute Gasteiger partial charge is 0.155 e. The lowest BCUT2D eigenvalue weighted by atomic mass is 10.2. The summed E-state index contributed by atoms with van der Waals surface area (Å²) in [4.78, 5) is 4.22. The number of hydrogen-bond donors (Lipinski definition) is 0. The summed E-state index contributed by atoms with van der Waals surface area (Å²) in [6, 6.07) is 11.5. The van der Waals surface area contributed by atoms with E-state index in [4.69, 9.17) is 9.68 Å². The van der Waals surface area contributed by atoms with Gasteiger partial charge in [-0.1, -0.05) is 12.1 Å². The van der Waals surface area contributed by atoms with E-state index < -0.39 is 0 Å². The van der Waals surface area contributed by atoms with E-state index in [0.29, 0.717) is 11.1 Å². The first kappa shape index (κ1) is 8.01. The number of pyridine rings is 1. The van der Waals surface area contributed by atoms with Crippen molar-refractivity contribution in [2.75, 3.05) is 0 Å². The van der Waals surface area contributed by atoms with Crippen LogP contribution in [0.5, 0.6) is 0 Å². The van der Waals surface area contributed by atoms with Crippen molar-refractivity contribution in [2.24, 2.45) is 0 Å². The second-order valence-electron chi connectivity index (χ2n) is 3.28. The zero-order valence-electron chi connectivity index (χ0n) is 7.77. The van der Waals surface area contributed by atoms with Crippen molar-refractivity contribution >= 4 is 22.1 Å². The molecule has 3 rings (SSSR count). The quantitative estimate of drug-likeness (QED) is 0.552. The van der Waals surface area contributed by atoms with E-state index in [0.717, 1.165) is 16.5 Å². The van der Waals surface area contributed by atoms with Gasteiger partial charge in [-0.25, -0.2) is 0 Å². The first-order valence-electron chi connectivity index (χ1n) is 4.56. The molecule has 70 valence electrons. The highest BCUT2D eigenvalue weighted by atomic mass is 16.3. The SMILES string of the molecule is N#Cc1cnc2c(c1)oc1ccccc12. The van der Waals surface area contributed by atoms with E-state index in [1.54, 1.807) is 12.3 Å². The van der Waals surface area contributed by atoms with Gasteiger partial charge >= 0.3 is 0 Å². The molecule has 0 aliphatic heterocycles. The molecule has 0 atom stereocenters. The lowest BCUT2D eigenvalue weighted by Gasteiger charge is -1.87. The first-order valence-corrected chi connectivity index (χ1v) is 4.56. The molecule has 3 aromatic rings. The highest BCUT2D eigenvalue weighted by molar-refractivity contribution is 6.02. The molecule has 0 unspecified atom stereocenters. The standard InChI is InChI=1S/C12H6N2O/c13-6-8-5-11-12(14-7-8)9-3-1-2-4-10(9)15-11/h1-5,7H. The Kier molecular flexibility index (Phi) is 1.51. The molecule has 0 aliphatic carbocycles. The molecule has 0 saturated carbocycles. The molecule has 0 radical (unpaired) electrons. The van der Waals surface area contributed by atoms with Crippen molar-refractivity contribution in [1.82, 2.24) is 4.98 Å². The van der Waals surface area contributed by atoms with Crippen LogP contribution in [0.1, 0.15) is 5.56 Å². The summed E-state index contributed by atoms with van der Waals surface area (Å²) < 4.78 is 5.58. The summed E-state index contributed by atoms with van der Waals surface area (Å²) >= 11 is 0. The fourth-order valence-electron chi connectivity index (χ4n) is 1.66. The Morgan fingerprint density at radius 1 is 1.20 bits per heavy atom. The predicted molar refractivity (Wildman–Crippen MR) is 56.2 cm³/mol. The van der Waals surface area contributed by atoms with Crippen molar-refractivity contribution in [3.8, 4) is 6.07 Å². The predicted octanol–water partition coefficient (Wildman–Crippen LogP) is 2.85. The number of furan rings is 1. The minimum absolute atomic E-state index is 0.515. The molecule has 1 aromatic carbocycles. The van der Waals surface area contributed by atoms with E-state index in [9.17, 15) is 0 Å². The summed E-state index contributed by atoms with van der Waals surface area (Å²) in [6.07, 6.45) is 1.56. The molecular formula is C12H6N2O. The summed E-state index contributed by atoms with van der Waals surface area (Å²) in [7, 11) is 0. The molecule has 0 spiro atoms. The molecule has 3 nitrogen and oxygen atoms in total. The van der Waals surface area contributed by atoms with Crippen LogP contribution in [0, 0.1) is 11.3 Å². The largest absolute Gasteiger partial charge is 0.454 e. The number of benzene rings is 1. The van der Waals surface area contributed by atoms with Gasteiger partial charge in [0.1, 0.15) is 17.2 Å². The van der Waals surface area contributed by atoms with Crippen LogP contribution in [0.2, 0.25) is 0 Å². The summed E-state index contributed by atoms with van der Waals surface area (Å²) in [6.45, 7) is 0. The molecule has 15 heavy (non-hydrogen) atoms. The number of para-hydroxylation sites is 1. The zero-order chi connectivity index (χ0) is 10.3. The topological polar surface area (TPSA) is 49.8 Å². The van der Waals surface area contributed by atoms with Gasteiger partial charge in [-0.2, -0.15) is 5.26 Å². The minimum Gasteiger partial charge on any atom is -0.454 e. The third-order valence-electron chi connectivity index (χ3n) is 2.34. The first-order chi connectivity index (χ1) is 7.38. The van der Waals surface area contributed by atoms with Crippen LogP contribution < -0.4 is 0 Å². The molecule has 0 amide bonds. The molecule has 2 heterocycles. The fraction of sp³-hybridized carbons (Fsp3) is 0. The van der Waals surface area contributed by atoms with Crippen LogP contribution in [0.4, 0.5) is 0 Å². The van der Waals surface area contributed by atoms with Crippen molar-refractivity contribution < 1.29 is 4.42 Å². The van der Waals surface area contributed by atoms with Gasteiger partial charge in [-0.3, -0.25) is 4.98 Å². The Labute approximate surface area is 85.6 Å². The molecule has 0 fully saturated rings. The number of hydrogen-bond acceptors (Lipinski definition) is 3. The molecule has 0 aliphatic rings. The summed E-state index contributed by atoms with van der Waals surface area (Å²) in [5, 5.41) is 9.72. The third kappa shape index (κ3) is 1.09. The Hall–Kier alpha value is -2.34. The van der Waals surface area contributed by atoms with Gasteiger partial charge in [0.15, 0.2) is 5.58 Å².